The van der Waals surface area contributed by atoms with E-state index in [2.05, 4.69) is 25.3 Å². The second-order valence-corrected chi connectivity index (χ2v) is 5.37. The van der Waals surface area contributed by atoms with E-state index in [1.165, 1.54) is 6.42 Å². The highest BCUT2D eigenvalue weighted by Gasteiger charge is 2.18. The number of piperidine rings is 1. The van der Waals surface area contributed by atoms with Gasteiger partial charge >= 0.3 is 0 Å². The maximum atomic E-state index is 11.6. The van der Waals surface area contributed by atoms with Crippen molar-refractivity contribution in [2.75, 3.05) is 23.3 Å². The minimum Gasteiger partial charge on any atom is -0.364 e. The van der Waals surface area contributed by atoms with Crippen molar-refractivity contribution in [3.8, 4) is 0 Å². The van der Waals surface area contributed by atoms with Crippen LogP contribution >= 0.6 is 0 Å². The van der Waals surface area contributed by atoms with Gasteiger partial charge in [-0.05, 0) is 19.3 Å². The van der Waals surface area contributed by atoms with Crippen molar-refractivity contribution in [3.05, 3.63) is 24.3 Å². The van der Waals surface area contributed by atoms with Crippen LogP contribution in [0.1, 0.15) is 43.6 Å². The molecule has 130 valence electrons. The fourth-order valence-corrected chi connectivity index (χ4v) is 2.55. The number of primary amides is 1. The molecule has 0 unspecified atom stereocenters. The first-order valence-corrected chi connectivity index (χ1v) is 8.31. The molecule has 0 saturated carbocycles. The molecule has 0 radical (unpaired) electrons. The van der Waals surface area contributed by atoms with Crippen molar-refractivity contribution in [2.24, 2.45) is 12.8 Å². The van der Waals surface area contributed by atoms with Gasteiger partial charge < -0.3 is 16.0 Å². The zero-order valence-electron chi connectivity index (χ0n) is 14.5. The van der Waals surface area contributed by atoms with Gasteiger partial charge in [0.1, 0.15) is 5.82 Å². The van der Waals surface area contributed by atoms with E-state index < -0.39 is 5.91 Å². The minimum absolute atomic E-state index is 0.129. The molecule has 24 heavy (non-hydrogen) atoms. The number of hydrogen-bond acceptors (Lipinski definition) is 6. The van der Waals surface area contributed by atoms with Crippen molar-refractivity contribution < 1.29 is 4.79 Å². The molecule has 1 fully saturated rings. The number of rotatable bonds is 4. The molecule has 1 aliphatic heterocycles. The lowest BCUT2D eigenvalue weighted by molar-refractivity contribution is 0.0996. The van der Waals surface area contributed by atoms with E-state index in [1.54, 1.807) is 23.3 Å². The summed E-state index contributed by atoms with van der Waals surface area (Å²) in [7, 11) is 1.82. The standard InChI is InChI=1S/C14H19N7O.C2H6/c1-20-9-10(7-17-20)18-14-12(13(15)22)16-8-11(19-14)21-5-3-2-4-6-21;1-2/h7-9H,2-6H2,1H3,(H2,15,22)(H,18,19);1-2H3. The predicted molar refractivity (Wildman–Crippen MR) is 94.5 cm³/mol. The molecule has 3 rings (SSSR count). The lowest BCUT2D eigenvalue weighted by Gasteiger charge is -2.27. The fourth-order valence-electron chi connectivity index (χ4n) is 2.55. The number of carbonyl (C=O) groups is 1. The quantitative estimate of drug-likeness (QED) is 0.889. The molecular formula is C16H25N7O. The molecule has 2 aromatic heterocycles. The number of anilines is 3. The summed E-state index contributed by atoms with van der Waals surface area (Å²) in [5.74, 6) is 0.517. The summed E-state index contributed by atoms with van der Waals surface area (Å²) < 4.78 is 1.66. The Morgan fingerprint density at radius 3 is 2.50 bits per heavy atom. The van der Waals surface area contributed by atoms with Gasteiger partial charge in [0.15, 0.2) is 11.5 Å². The van der Waals surface area contributed by atoms with Crippen LogP contribution in [0.2, 0.25) is 0 Å². The van der Waals surface area contributed by atoms with Gasteiger partial charge in [-0.3, -0.25) is 9.48 Å². The van der Waals surface area contributed by atoms with E-state index in [0.29, 0.717) is 5.82 Å². The van der Waals surface area contributed by atoms with Crippen LogP contribution in [0.25, 0.3) is 0 Å². The number of nitrogens with zero attached hydrogens (tertiary/aromatic N) is 5. The van der Waals surface area contributed by atoms with Gasteiger partial charge in [-0.2, -0.15) is 5.10 Å². The van der Waals surface area contributed by atoms with Gasteiger partial charge in [0.2, 0.25) is 0 Å². The first kappa shape index (κ1) is 17.7. The monoisotopic (exact) mass is 331 g/mol. The lowest BCUT2D eigenvalue weighted by atomic mass is 10.1. The van der Waals surface area contributed by atoms with E-state index in [0.717, 1.165) is 37.4 Å². The minimum atomic E-state index is -0.607. The number of hydrogen-bond donors (Lipinski definition) is 2. The molecule has 0 spiro atoms. The number of aryl methyl sites for hydroxylation is 1. The third-order valence-electron chi connectivity index (χ3n) is 3.64. The molecule has 1 saturated heterocycles. The van der Waals surface area contributed by atoms with Crippen LogP contribution in [0.4, 0.5) is 17.3 Å². The van der Waals surface area contributed by atoms with E-state index in [9.17, 15) is 4.79 Å². The maximum Gasteiger partial charge on any atom is 0.271 e. The summed E-state index contributed by atoms with van der Waals surface area (Å²) in [5.41, 5.74) is 6.25. The summed E-state index contributed by atoms with van der Waals surface area (Å²) in [4.78, 5) is 22.5. The summed E-state index contributed by atoms with van der Waals surface area (Å²) in [5, 5.41) is 7.15. The van der Waals surface area contributed by atoms with Gasteiger partial charge in [0.05, 0.1) is 18.1 Å². The Morgan fingerprint density at radius 1 is 1.21 bits per heavy atom. The van der Waals surface area contributed by atoms with E-state index in [-0.39, 0.29) is 5.69 Å². The van der Waals surface area contributed by atoms with Crippen LogP contribution in [-0.4, -0.2) is 38.7 Å². The van der Waals surface area contributed by atoms with E-state index in [4.69, 9.17) is 5.73 Å². The predicted octanol–water partition coefficient (Wildman–Crippen LogP) is 2.07. The maximum absolute atomic E-state index is 11.6. The van der Waals surface area contributed by atoms with E-state index >= 15 is 0 Å². The van der Waals surface area contributed by atoms with Gasteiger partial charge in [0.25, 0.3) is 5.91 Å². The average Bonchev–Trinajstić information content (AvgIpc) is 3.02. The summed E-state index contributed by atoms with van der Waals surface area (Å²) in [6.07, 6.45) is 8.58. The van der Waals surface area contributed by atoms with Gasteiger partial charge in [-0.15, -0.1) is 0 Å². The third-order valence-corrected chi connectivity index (χ3v) is 3.64. The Morgan fingerprint density at radius 2 is 1.92 bits per heavy atom. The zero-order chi connectivity index (χ0) is 17.5. The molecule has 0 atom stereocenters. The van der Waals surface area contributed by atoms with Crippen molar-refractivity contribution >= 4 is 23.2 Å². The van der Waals surface area contributed by atoms with Crippen LogP contribution in [-0.2, 0) is 7.05 Å². The lowest BCUT2D eigenvalue weighted by Crippen LogP contribution is -2.30. The average molecular weight is 331 g/mol. The van der Waals surface area contributed by atoms with Gasteiger partial charge in [-0.1, -0.05) is 13.8 Å². The Balaban J connectivity index is 0.00000100. The van der Waals surface area contributed by atoms with Crippen LogP contribution in [0.3, 0.4) is 0 Å². The Labute approximate surface area is 142 Å². The van der Waals surface area contributed by atoms with Crippen molar-refractivity contribution in [1.82, 2.24) is 19.7 Å². The Hall–Kier alpha value is -2.64. The van der Waals surface area contributed by atoms with Crippen LogP contribution in [0, 0.1) is 0 Å². The fraction of sp³-hybridized carbons (Fsp3) is 0.500. The molecule has 3 N–H and O–H groups in total. The van der Waals surface area contributed by atoms with Crippen molar-refractivity contribution in [3.63, 3.8) is 0 Å². The molecule has 3 heterocycles. The molecule has 8 nitrogen and oxygen atoms in total. The first-order chi connectivity index (χ1) is 11.6. The summed E-state index contributed by atoms with van der Waals surface area (Å²) >= 11 is 0. The van der Waals surface area contributed by atoms with Crippen LogP contribution in [0.5, 0.6) is 0 Å². The second-order valence-electron chi connectivity index (χ2n) is 5.37. The van der Waals surface area contributed by atoms with Crippen LogP contribution < -0.4 is 16.0 Å². The molecule has 0 aliphatic carbocycles. The normalized spacial score (nSPS) is 13.9. The Bertz CT molecular complexity index is 677. The highest BCUT2D eigenvalue weighted by Crippen LogP contribution is 2.22. The molecule has 0 bridgehead atoms. The SMILES string of the molecule is CC.Cn1cc(Nc2nc(N3CCCCC3)cnc2C(N)=O)cn1. The highest BCUT2D eigenvalue weighted by atomic mass is 16.1. The molecular weight excluding hydrogens is 306 g/mol. The van der Waals surface area contributed by atoms with Crippen molar-refractivity contribution in [2.45, 2.75) is 33.1 Å². The highest BCUT2D eigenvalue weighted by molar-refractivity contribution is 5.96. The molecule has 0 aromatic carbocycles. The Kier molecular flexibility index (Phi) is 6.11. The zero-order valence-corrected chi connectivity index (χ0v) is 14.5. The number of amides is 1. The summed E-state index contributed by atoms with van der Waals surface area (Å²) in [6, 6.07) is 0. The van der Waals surface area contributed by atoms with Gasteiger partial charge in [-0.25, -0.2) is 9.97 Å². The van der Waals surface area contributed by atoms with Crippen LogP contribution in [0.15, 0.2) is 18.6 Å². The smallest absolute Gasteiger partial charge is 0.271 e. The topological polar surface area (TPSA) is 102 Å². The number of nitrogens with two attached hydrogens (primary N) is 1. The molecule has 1 amide bonds. The third kappa shape index (κ3) is 4.21. The number of carbonyl (C=O) groups excluding carboxylic acids is 1. The molecule has 1 aliphatic rings. The molecule has 8 heteroatoms. The number of aromatic nitrogens is 4. The van der Waals surface area contributed by atoms with Gasteiger partial charge in [0, 0.05) is 26.3 Å². The first-order valence-electron chi connectivity index (χ1n) is 8.31. The second kappa shape index (κ2) is 8.28. The number of nitrogens with one attached hydrogen (secondary N) is 1. The summed E-state index contributed by atoms with van der Waals surface area (Å²) in [6.45, 7) is 5.91. The van der Waals surface area contributed by atoms with Crippen molar-refractivity contribution in [1.29, 1.82) is 0 Å². The largest absolute Gasteiger partial charge is 0.364 e. The van der Waals surface area contributed by atoms with E-state index in [1.807, 2.05) is 20.9 Å². The molecule has 2 aromatic rings.